The molecule has 0 radical (unpaired) electrons. The van der Waals surface area contributed by atoms with E-state index in [1.54, 1.807) is 24.3 Å². The standard InChI is InChI=1S/C19H19BrN2O3S/c1-10(2)6-12-9-26-19-16(12)18(24)21-15(22-19)5-4-11-7-13(20)17(23)14(8-11)25-3/h4-5,7-10,23H,6H2,1-3H3,(H,21,22,24)/b5-4+. The molecule has 0 saturated heterocycles. The van der Waals surface area contributed by atoms with E-state index in [2.05, 4.69) is 39.7 Å². The number of aromatic hydroxyl groups is 1. The summed E-state index contributed by atoms with van der Waals surface area (Å²) >= 11 is 4.79. The monoisotopic (exact) mass is 434 g/mol. The molecule has 7 heteroatoms. The summed E-state index contributed by atoms with van der Waals surface area (Å²) in [7, 11) is 1.49. The van der Waals surface area contributed by atoms with Crippen LogP contribution < -0.4 is 10.3 Å². The molecule has 136 valence electrons. The summed E-state index contributed by atoms with van der Waals surface area (Å²) < 4.78 is 5.68. The molecular weight excluding hydrogens is 416 g/mol. The summed E-state index contributed by atoms with van der Waals surface area (Å²) in [5, 5.41) is 12.6. The Hall–Kier alpha value is -2.12. The van der Waals surface area contributed by atoms with Gasteiger partial charge in [0.2, 0.25) is 0 Å². The zero-order valence-electron chi connectivity index (χ0n) is 14.7. The van der Waals surface area contributed by atoms with Crippen molar-refractivity contribution in [1.29, 1.82) is 0 Å². The van der Waals surface area contributed by atoms with Crippen molar-refractivity contribution in [1.82, 2.24) is 9.97 Å². The van der Waals surface area contributed by atoms with E-state index in [-0.39, 0.29) is 11.3 Å². The Labute approximate surface area is 163 Å². The summed E-state index contributed by atoms with van der Waals surface area (Å²) in [6, 6.07) is 3.47. The molecule has 0 spiro atoms. The normalized spacial score (nSPS) is 11.7. The second kappa shape index (κ2) is 7.63. The third kappa shape index (κ3) is 3.83. The van der Waals surface area contributed by atoms with E-state index in [4.69, 9.17) is 4.74 Å². The molecule has 0 bridgehead atoms. The molecule has 0 unspecified atom stereocenters. The van der Waals surface area contributed by atoms with E-state index in [0.717, 1.165) is 22.4 Å². The van der Waals surface area contributed by atoms with Gasteiger partial charge in [-0.1, -0.05) is 19.9 Å². The zero-order valence-corrected chi connectivity index (χ0v) is 17.1. The first-order chi connectivity index (χ1) is 12.4. The predicted octanol–water partition coefficient (Wildman–Crippen LogP) is 4.83. The van der Waals surface area contributed by atoms with Crippen LogP contribution in [0.1, 0.15) is 30.8 Å². The molecule has 3 aromatic rings. The smallest absolute Gasteiger partial charge is 0.260 e. The van der Waals surface area contributed by atoms with Gasteiger partial charge in [-0.05, 0) is 63.0 Å². The highest BCUT2D eigenvalue weighted by atomic mass is 79.9. The molecule has 0 aliphatic rings. The highest BCUT2D eigenvalue weighted by Gasteiger charge is 2.12. The highest BCUT2D eigenvalue weighted by Crippen LogP contribution is 2.35. The third-order valence-electron chi connectivity index (χ3n) is 3.87. The van der Waals surface area contributed by atoms with Gasteiger partial charge in [0.1, 0.15) is 10.7 Å². The molecule has 26 heavy (non-hydrogen) atoms. The van der Waals surface area contributed by atoms with E-state index in [1.807, 2.05) is 5.38 Å². The first-order valence-corrected chi connectivity index (χ1v) is 9.81. The number of halogens is 1. The number of methoxy groups -OCH3 is 1. The third-order valence-corrected chi connectivity index (χ3v) is 5.40. The van der Waals surface area contributed by atoms with E-state index in [0.29, 0.717) is 27.4 Å². The highest BCUT2D eigenvalue weighted by molar-refractivity contribution is 9.10. The van der Waals surface area contributed by atoms with Crippen molar-refractivity contribution in [2.45, 2.75) is 20.3 Å². The maximum absolute atomic E-state index is 12.5. The lowest BCUT2D eigenvalue weighted by atomic mass is 10.0. The maximum atomic E-state index is 12.5. The molecule has 0 amide bonds. The molecule has 2 heterocycles. The van der Waals surface area contributed by atoms with Crippen LogP contribution in [0.4, 0.5) is 0 Å². The molecular formula is C19H19BrN2O3S. The van der Waals surface area contributed by atoms with Crippen molar-refractivity contribution < 1.29 is 9.84 Å². The lowest BCUT2D eigenvalue weighted by molar-refractivity contribution is 0.372. The fourth-order valence-electron chi connectivity index (χ4n) is 2.71. The van der Waals surface area contributed by atoms with Gasteiger partial charge in [0.05, 0.1) is 17.0 Å². The van der Waals surface area contributed by atoms with Gasteiger partial charge in [-0.2, -0.15) is 0 Å². The quantitative estimate of drug-likeness (QED) is 0.602. The maximum Gasteiger partial charge on any atom is 0.260 e. The van der Waals surface area contributed by atoms with Gasteiger partial charge >= 0.3 is 0 Å². The minimum Gasteiger partial charge on any atom is -0.503 e. The summed E-state index contributed by atoms with van der Waals surface area (Å²) in [6.45, 7) is 4.26. The number of nitrogens with one attached hydrogen (secondary N) is 1. The predicted molar refractivity (Wildman–Crippen MR) is 110 cm³/mol. The van der Waals surface area contributed by atoms with Crippen molar-refractivity contribution in [2.75, 3.05) is 7.11 Å². The number of aromatic nitrogens is 2. The van der Waals surface area contributed by atoms with Crippen LogP contribution in [0.15, 0.2) is 26.8 Å². The molecule has 3 rings (SSSR count). The summed E-state index contributed by atoms with van der Waals surface area (Å²) in [5.74, 6) is 1.39. The van der Waals surface area contributed by atoms with Crippen LogP contribution in [0, 0.1) is 5.92 Å². The van der Waals surface area contributed by atoms with Gasteiger partial charge < -0.3 is 14.8 Å². The second-order valence-electron chi connectivity index (χ2n) is 6.38. The van der Waals surface area contributed by atoms with Gasteiger partial charge in [-0.3, -0.25) is 4.79 Å². The number of hydrogen-bond donors (Lipinski definition) is 2. The average Bonchev–Trinajstić information content (AvgIpc) is 2.98. The molecule has 2 aromatic heterocycles. The van der Waals surface area contributed by atoms with Crippen LogP contribution in [0.2, 0.25) is 0 Å². The van der Waals surface area contributed by atoms with Crippen LogP contribution in [0.3, 0.4) is 0 Å². The van der Waals surface area contributed by atoms with Gasteiger partial charge in [0.15, 0.2) is 11.5 Å². The molecule has 0 saturated carbocycles. The second-order valence-corrected chi connectivity index (χ2v) is 8.09. The number of aromatic amines is 1. The number of benzene rings is 1. The molecule has 0 aliphatic carbocycles. The number of rotatable bonds is 5. The Kier molecular flexibility index (Phi) is 5.48. The molecule has 1 aromatic carbocycles. The number of nitrogens with zero attached hydrogens (tertiary/aromatic N) is 1. The Morgan fingerprint density at radius 3 is 2.85 bits per heavy atom. The summed E-state index contributed by atoms with van der Waals surface area (Å²) in [5.41, 5.74) is 1.74. The Bertz CT molecular complexity index is 1040. The van der Waals surface area contributed by atoms with E-state index < -0.39 is 0 Å². The lowest BCUT2D eigenvalue weighted by Gasteiger charge is -2.06. The van der Waals surface area contributed by atoms with Gasteiger partial charge in [0, 0.05) is 0 Å². The minimum absolute atomic E-state index is 0.0499. The van der Waals surface area contributed by atoms with Crippen LogP contribution in [0.5, 0.6) is 11.5 Å². The van der Waals surface area contributed by atoms with E-state index in [1.165, 1.54) is 18.4 Å². The van der Waals surface area contributed by atoms with Gasteiger partial charge in [0.25, 0.3) is 5.56 Å². The van der Waals surface area contributed by atoms with E-state index in [9.17, 15) is 9.90 Å². The number of phenols is 1. The molecule has 0 fully saturated rings. The fraction of sp³-hybridized carbons (Fsp3) is 0.263. The zero-order chi connectivity index (χ0) is 18.8. The Morgan fingerprint density at radius 1 is 1.38 bits per heavy atom. The van der Waals surface area contributed by atoms with Gasteiger partial charge in [-0.25, -0.2) is 4.98 Å². The summed E-state index contributed by atoms with van der Waals surface area (Å²) in [6.07, 6.45) is 4.40. The largest absolute Gasteiger partial charge is 0.503 e. The molecule has 2 N–H and O–H groups in total. The van der Waals surface area contributed by atoms with Crippen molar-refractivity contribution in [3.8, 4) is 11.5 Å². The number of ether oxygens (including phenoxy) is 1. The minimum atomic E-state index is -0.115. The topological polar surface area (TPSA) is 75.2 Å². The fourth-order valence-corrected chi connectivity index (χ4v) is 4.13. The van der Waals surface area contributed by atoms with Crippen molar-refractivity contribution >= 4 is 49.6 Å². The first kappa shape index (κ1) is 18.7. The summed E-state index contributed by atoms with van der Waals surface area (Å²) in [4.78, 5) is 20.6. The number of H-pyrrole nitrogens is 1. The molecule has 0 atom stereocenters. The number of fused-ring (bicyclic) bond motifs is 1. The van der Waals surface area contributed by atoms with Crippen molar-refractivity contribution in [3.63, 3.8) is 0 Å². The number of hydrogen-bond acceptors (Lipinski definition) is 5. The van der Waals surface area contributed by atoms with Crippen molar-refractivity contribution in [2.24, 2.45) is 5.92 Å². The van der Waals surface area contributed by atoms with Crippen molar-refractivity contribution in [3.05, 3.63) is 49.3 Å². The number of phenolic OH excluding ortho intramolecular Hbond substituents is 1. The average molecular weight is 435 g/mol. The molecule has 0 aliphatic heterocycles. The van der Waals surface area contributed by atoms with E-state index >= 15 is 0 Å². The SMILES string of the molecule is COc1cc(/C=C/c2nc3scc(CC(C)C)c3c(=O)[nH]2)cc(Br)c1O. The lowest BCUT2D eigenvalue weighted by Crippen LogP contribution is -2.10. The van der Waals surface area contributed by atoms with Crippen LogP contribution >= 0.6 is 27.3 Å². The Balaban J connectivity index is 1.96. The van der Waals surface area contributed by atoms with Crippen LogP contribution in [-0.2, 0) is 6.42 Å². The number of thiophene rings is 1. The van der Waals surface area contributed by atoms with Gasteiger partial charge in [-0.15, -0.1) is 11.3 Å². The van der Waals surface area contributed by atoms with Crippen LogP contribution in [-0.4, -0.2) is 22.2 Å². The van der Waals surface area contributed by atoms with Crippen LogP contribution in [0.25, 0.3) is 22.4 Å². The first-order valence-electron chi connectivity index (χ1n) is 8.14. The molecule has 5 nitrogen and oxygen atoms in total. The Morgan fingerprint density at radius 2 is 2.15 bits per heavy atom.